The number of amides is 1. The lowest BCUT2D eigenvalue weighted by Gasteiger charge is -2.03. The molecule has 4 nitrogen and oxygen atoms in total. The van der Waals surface area contributed by atoms with Crippen molar-refractivity contribution in [2.45, 2.75) is 4.90 Å². The van der Waals surface area contributed by atoms with E-state index in [0.29, 0.717) is 10.6 Å². The number of carbonyl (C=O) groups is 1. The van der Waals surface area contributed by atoms with E-state index < -0.39 is 9.05 Å². The number of hydrogen-bond donors (Lipinski definition) is 1. The Hall–Kier alpha value is -1.37. The molecule has 0 unspecified atom stereocenters. The highest BCUT2D eigenvalue weighted by atomic mass is 35.7. The van der Waals surface area contributed by atoms with Crippen molar-refractivity contribution < 1.29 is 13.2 Å². The van der Waals surface area contributed by atoms with Crippen molar-refractivity contribution in [1.82, 2.24) is 0 Å². The maximum atomic E-state index is 11.7. The Morgan fingerprint density at radius 2 is 1.83 bits per heavy atom. The molecule has 0 atom stereocenters. The third-order valence-electron chi connectivity index (χ3n) is 2.14. The van der Waals surface area contributed by atoms with Crippen molar-refractivity contribution in [3.8, 4) is 0 Å². The van der Waals surface area contributed by atoms with Gasteiger partial charge in [0.05, 0.1) is 9.77 Å². The first-order valence-corrected chi connectivity index (χ1v) is 8.05. The molecule has 94 valence electrons. The van der Waals surface area contributed by atoms with Gasteiger partial charge < -0.3 is 5.32 Å². The van der Waals surface area contributed by atoms with Gasteiger partial charge in [-0.2, -0.15) is 0 Å². The number of benzene rings is 1. The Morgan fingerprint density at radius 3 is 2.33 bits per heavy atom. The standard InChI is InChI=1S/C11H8ClNO3S2/c12-18(15,16)9-5-3-8(4-6-9)13-11(14)10-2-1-7-17-10/h1-7H,(H,13,14). The summed E-state index contributed by atoms with van der Waals surface area (Å²) in [4.78, 5) is 12.3. The number of hydrogen-bond acceptors (Lipinski definition) is 4. The van der Waals surface area contributed by atoms with Crippen LogP contribution in [0.3, 0.4) is 0 Å². The summed E-state index contributed by atoms with van der Waals surface area (Å²) in [5.41, 5.74) is 0.512. The highest BCUT2D eigenvalue weighted by Crippen LogP contribution is 2.18. The van der Waals surface area contributed by atoms with E-state index in [9.17, 15) is 13.2 Å². The average Bonchev–Trinajstić information content (AvgIpc) is 2.82. The molecule has 1 aromatic heterocycles. The zero-order chi connectivity index (χ0) is 13.2. The molecule has 0 saturated heterocycles. The Kier molecular flexibility index (Phi) is 3.70. The van der Waals surface area contributed by atoms with Crippen LogP contribution in [-0.2, 0) is 9.05 Å². The lowest BCUT2D eigenvalue weighted by atomic mass is 10.3. The minimum absolute atomic E-state index is 0.00158. The largest absolute Gasteiger partial charge is 0.321 e. The van der Waals surface area contributed by atoms with Gasteiger partial charge in [0.25, 0.3) is 15.0 Å². The van der Waals surface area contributed by atoms with E-state index in [1.54, 1.807) is 17.5 Å². The van der Waals surface area contributed by atoms with Gasteiger partial charge in [0.15, 0.2) is 0 Å². The van der Waals surface area contributed by atoms with E-state index >= 15 is 0 Å². The number of halogens is 1. The Balaban J connectivity index is 2.14. The molecule has 0 aliphatic rings. The first kappa shape index (κ1) is 13.1. The van der Waals surface area contributed by atoms with E-state index in [4.69, 9.17) is 10.7 Å². The van der Waals surface area contributed by atoms with Crippen molar-refractivity contribution in [2.75, 3.05) is 5.32 Å². The van der Waals surface area contributed by atoms with Crippen LogP contribution in [0.5, 0.6) is 0 Å². The summed E-state index contributed by atoms with van der Waals surface area (Å²) in [6.07, 6.45) is 0. The monoisotopic (exact) mass is 301 g/mol. The smallest absolute Gasteiger partial charge is 0.265 e. The molecule has 0 radical (unpaired) electrons. The van der Waals surface area contributed by atoms with Crippen LogP contribution >= 0.6 is 22.0 Å². The van der Waals surface area contributed by atoms with E-state index in [1.165, 1.54) is 35.6 Å². The van der Waals surface area contributed by atoms with Crippen LogP contribution < -0.4 is 5.32 Å². The van der Waals surface area contributed by atoms with Crippen molar-refractivity contribution in [3.63, 3.8) is 0 Å². The molecule has 18 heavy (non-hydrogen) atoms. The Morgan fingerprint density at radius 1 is 1.17 bits per heavy atom. The fourth-order valence-electron chi connectivity index (χ4n) is 1.30. The molecule has 0 aliphatic carbocycles. The molecular formula is C11H8ClNO3S2. The third-order valence-corrected chi connectivity index (χ3v) is 4.38. The van der Waals surface area contributed by atoms with Crippen molar-refractivity contribution >= 4 is 42.7 Å². The topological polar surface area (TPSA) is 63.2 Å². The van der Waals surface area contributed by atoms with E-state index in [2.05, 4.69) is 5.32 Å². The van der Waals surface area contributed by atoms with E-state index in [1.807, 2.05) is 0 Å². The number of carbonyl (C=O) groups excluding carboxylic acids is 1. The summed E-state index contributed by atoms with van der Waals surface area (Å²) in [6, 6.07) is 9.14. The molecule has 1 aromatic carbocycles. The first-order chi connectivity index (χ1) is 8.47. The summed E-state index contributed by atoms with van der Waals surface area (Å²) in [5.74, 6) is -0.230. The summed E-state index contributed by atoms with van der Waals surface area (Å²) >= 11 is 1.33. The van der Waals surface area contributed by atoms with Gasteiger partial charge in [-0.25, -0.2) is 8.42 Å². The Bertz CT molecular complexity index is 648. The zero-order valence-electron chi connectivity index (χ0n) is 8.96. The van der Waals surface area contributed by atoms with Gasteiger partial charge in [-0.3, -0.25) is 4.79 Å². The van der Waals surface area contributed by atoms with Gasteiger partial charge in [0, 0.05) is 16.4 Å². The minimum Gasteiger partial charge on any atom is -0.321 e. The summed E-state index contributed by atoms with van der Waals surface area (Å²) < 4.78 is 22.1. The van der Waals surface area contributed by atoms with Crippen LogP contribution in [0, 0.1) is 0 Å². The lowest BCUT2D eigenvalue weighted by Crippen LogP contribution is -2.09. The van der Waals surface area contributed by atoms with Gasteiger partial charge >= 0.3 is 0 Å². The van der Waals surface area contributed by atoms with Crippen LogP contribution in [0.4, 0.5) is 5.69 Å². The summed E-state index contributed by atoms with van der Waals surface area (Å²) in [7, 11) is 1.45. The van der Waals surface area contributed by atoms with E-state index in [0.717, 1.165) is 0 Å². The fraction of sp³-hybridized carbons (Fsp3) is 0. The maximum absolute atomic E-state index is 11.7. The predicted octanol–water partition coefficient (Wildman–Crippen LogP) is 2.93. The van der Waals surface area contributed by atoms with Crippen LogP contribution in [0.25, 0.3) is 0 Å². The van der Waals surface area contributed by atoms with Gasteiger partial charge in [0.1, 0.15) is 0 Å². The van der Waals surface area contributed by atoms with Crippen molar-refractivity contribution in [2.24, 2.45) is 0 Å². The molecule has 0 fully saturated rings. The molecule has 0 bridgehead atoms. The van der Waals surface area contributed by atoms with Crippen LogP contribution in [0.1, 0.15) is 9.67 Å². The van der Waals surface area contributed by atoms with Crippen molar-refractivity contribution in [1.29, 1.82) is 0 Å². The molecule has 0 aliphatic heterocycles. The highest BCUT2D eigenvalue weighted by molar-refractivity contribution is 8.13. The molecule has 1 N–H and O–H groups in total. The van der Waals surface area contributed by atoms with Crippen molar-refractivity contribution in [3.05, 3.63) is 46.7 Å². The van der Waals surface area contributed by atoms with Crippen LogP contribution in [0.2, 0.25) is 0 Å². The highest BCUT2D eigenvalue weighted by Gasteiger charge is 2.10. The summed E-state index contributed by atoms with van der Waals surface area (Å²) in [5, 5.41) is 4.46. The normalized spacial score (nSPS) is 11.2. The maximum Gasteiger partial charge on any atom is 0.265 e. The van der Waals surface area contributed by atoms with E-state index in [-0.39, 0.29) is 10.8 Å². The second-order valence-electron chi connectivity index (χ2n) is 3.39. The zero-order valence-corrected chi connectivity index (χ0v) is 11.3. The third kappa shape index (κ3) is 3.10. The average molecular weight is 302 g/mol. The molecule has 2 rings (SSSR count). The second-order valence-corrected chi connectivity index (χ2v) is 6.91. The van der Waals surface area contributed by atoms with Crippen LogP contribution in [-0.4, -0.2) is 14.3 Å². The minimum atomic E-state index is -3.73. The molecule has 1 amide bonds. The Labute approximate surface area is 113 Å². The number of thiophene rings is 1. The van der Waals surface area contributed by atoms with Gasteiger partial charge in [-0.15, -0.1) is 11.3 Å². The summed E-state index contributed by atoms with van der Waals surface area (Å²) in [6.45, 7) is 0. The number of nitrogens with one attached hydrogen (secondary N) is 1. The number of rotatable bonds is 3. The molecule has 7 heteroatoms. The predicted molar refractivity (Wildman–Crippen MR) is 71.8 cm³/mol. The molecular weight excluding hydrogens is 294 g/mol. The van der Waals surface area contributed by atoms with Gasteiger partial charge in [0.2, 0.25) is 0 Å². The molecule has 0 spiro atoms. The SMILES string of the molecule is O=C(Nc1ccc(S(=O)(=O)Cl)cc1)c1cccs1. The number of anilines is 1. The quantitative estimate of drug-likeness (QED) is 0.887. The molecule has 1 heterocycles. The van der Waals surface area contributed by atoms with Crippen LogP contribution in [0.15, 0.2) is 46.7 Å². The van der Waals surface area contributed by atoms with Gasteiger partial charge in [-0.05, 0) is 35.7 Å². The van der Waals surface area contributed by atoms with Gasteiger partial charge in [-0.1, -0.05) is 6.07 Å². The lowest BCUT2D eigenvalue weighted by molar-refractivity contribution is 0.103. The molecule has 2 aromatic rings. The first-order valence-electron chi connectivity index (χ1n) is 4.86. The fourth-order valence-corrected chi connectivity index (χ4v) is 2.69. The second kappa shape index (κ2) is 5.09. The molecule has 0 saturated carbocycles.